The average Bonchev–Trinajstić information content (AvgIpc) is 2.38. The summed E-state index contributed by atoms with van der Waals surface area (Å²) in [6, 6.07) is 1.34. The predicted octanol–water partition coefficient (Wildman–Crippen LogP) is 1.31. The second kappa shape index (κ2) is 8.47. The van der Waals surface area contributed by atoms with Gasteiger partial charge in [-0.1, -0.05) is 13.3 Å². The van der Waals surface area contributed by atoms with Gasteiger partial charge in [-0.05, 0) is 12.8 Å². The average molecular weight is 252 g/mol. The number of ether oxygens (including phenoxy) is 1. The fourth-order valence-corrected chi connectivity index (χ4v) is 1.41. The van der Waals surface area contributed by atoms with Crippen molar-refractivity contribution in [1.29, 1.82) is 0 Å². The Labute approximate surface area is 107 Å². The molecule has 5 heteroatoms. The zero-order valence-corrected chi connectivity index (χ0v) is 10.7. The Morgan fingerprint density at radius 2 is 2.17 bits per heavy atom. The molecule has 0 aliphatic heterocycles. The lowest BCUT2D eigenvalue weighted by Gasteiger charge is -2.05. The smallest absolute Gasteiger partial charge is 0.256 e. The number of pyridine rings is 1. The zero-order chi connectivity index (χ0) is 13.2. The molecule has 1 heterocycles. The molecule has 0 saturated heterocycles. The minimum Gasteiger partial charge on any atom is -0.381 e. The Morgan fingerprint density at radius 3 is 2.89 bits per heavy atom. The van der Waals surface area contributed by atoms with Crippen molar-refractivity contribution in [3.05, 3.63) is 34.2 Å². The normalized spacial score (nSPS) is 10.3. The van der Waals surface area contributed by atoms with Gasteiger partial charge in [-0.15, -0.1) is 0 Å². The molecule has 5 nitrogen and oxygen atoms in total. The number of aromatic nitrogens is 1. The maximum Gasteiger partial charge on any atom is 0.256 e. The Kier molecular flexibility index (Phi) is 6.79. The molecule has 0 spiro atoms. The lowest BCUT2D eigenvalue weighted by atomic mass is 10.2. The van der Waals surface area contributed by atoms with Crippen LogP contribution in [0.15, 0.2) is 23.3 Å². The van der Waals surface area contributed by atoms with Crippen LogP contribution < -0.4 is 10.7 Å². The summed E-state index contributed by atoms with van der Waals surface area (Å²) in [5, 5.41) is 2.69. The van der Waals surface area contributed by atoms with Crippen LogP contribution in [0.4, 0.5) is 0 Å². The van der Waals surface area contributed by atoms with Crippen molar-refractivity contribution in [1.82, 2.24) is 10.3 Å². The third kappa shape index (κ3) is 5.14. The van der Waals surface area contributed by atoms with E-state index in [0.29, 0.717) is 13.2 Å². The molecular weight excluding hydrogens is 232 g/mol. The van der Waals surface area contributed by atoms with E-state index in [0.717, 1.165) is 25.9 Å². The van der Waals surface area contributed by atoms with Crippen LogP contribution in [0.3, 0.4) is 0 Å². The van der Waals surface area contributed by atoms with Gasteiger partial charge < -0.3 is 15.0 Å². The van der Waals surface area contributed by atoms with E-state index in [1.807, 2.05) is 0 Å². The number of carbonyl (C=O) groups excluding carboxylic acids is 1. The van der Waals surface area contributed by atoms with Crippen molar-refractivity contribution in [3.63, 3.8) is 0 Å². The van der Waals surface area contributed by atoms with E-state index in [4.69, 9.17) is 4.74 Å². The molecule has 0 bridgehead atoms. The summed E-state index contributed by atoms with van der Waals surface area (Å²) in [6.45, 7) is 4.02. The third-order valence-corrected chi connectivity index (χ3v) is 2.46. The summed E-state index contributed by atoms with van der Waals surface area (Å²) in [6.07, 6.45) is 5.84. The molecule has 100 valence electrons. The van der Waals surface area contributed by atoms with Crippen molar-refractivity contribution < 1.29 is 9.53 Å². The van der Waals surface area contributed by atoms with Gasteiger partial charge in [-0.25, -0.2) is 0 Å². The molecule has 1 amide bonds. The molecule has 0 saturated carbocycles. The minimum atomic E-state index is -0.342. The Balaban J connectivity index is 2.18. The van der Waals surface area contributed by atoms with E-state index < -0.39 is 0 Å². The number of hydrogen-bond donors (Lipinski definition) is 2. The van der Waals surface area contributed by atoms with Crippen LogP contribution in [0, 0.1) is 0 Å². The minimum absolute atomic E-state index is 0.143. The highest BCUT2D eigenvalue weighted by atomic mass is 16.5. The number of rotatable bonds is 8. The van der Waals surface area contributed by atoms with Crippen molar-refractivity contribution in [2.45, 2.75) is 26.2 Å². The van der Waals surface area contributed by atoms with Crippen molar-refractivity contribution in [3.8, 4) is 0 Å². The van der Waals surface area contributed by atoms with Gasteiger partial charge in [0.1, 0.15) is 5.56 Å². The molecule has 0 aliphatic rings. The first kappa shape index (κ1) is 14.4. The molecule has 18 heavy (non-hydrogen) atoms. The molecule has 1 aromatic rings. The van der Waals surface area contributed by atoms with Crippen LogP contribution in [0.5, 0.6) is 0 Å². The van der Waals surface area contributed by atoms with Gasteiger partial charge in [0.25, 0.3) is 5.91 Å². The van der Waals surface area contributed by atoms with Gasteiger partial charge in [0.05, 0.1) is 0 Å². The second-order valence-corrected chi connectivity index (χ2v) is 4.00. The molecule has 0 aromatic carbocycles. The van der Waals surface area contributed by atoms with E-state index in [1.165, 1.54) is 18.5 Å². The number of unbranched alkanes of at least 4 members (excludes halogenated alkanes) is 1. The second-order valence-electron chi connectivity index (χ2n) is 4.00. The predicted molar refractivity (Wildman–Crippen MR) is 69.7 cm³/mol. The standard InChI is InChI=1S/C13H20N2O3/c1-2-3-8-18-9-4-6-15-13(17)11-10-14-7-5-12(11)16/h5,7,10H,2-4,6,8-9H2,1H3,(H,14,16)(H,15,17). The maximum atomic E-state index is 11.6. The molecule has 0 fully saturated rings. The molecular formula is C13H20N2O3. The molecule has 1 rings (SSSR count). The van der Waals surface area contributed by atoms with E-state index in [1.54, 1.807) is 0 Å². The summed E-state index contributed by atoms with van der Waals surface area (Å²) in [4.78, 5) is 25.7. The summed E-state index contributed by atoms with van der Waals surface area (Å²) >= 11 is 0. The fourth-order valence-electron chi connectivity index (χ4n) is 1.41. The highest BCUT2D eigenvalue weighted by Crippen LogP contribution is 1.91. The van der Waals surface area contributed by atoms with E-state index >= 15 is 0 Å². The van der Waals surface area contributed by atoms with Gasteiger partial charge >= 0.3 is 0 Å². The summed E-state index contributed by atoms with van der Waals surface area (Å²) < 4.78 is 5.37. The van der Waals surface area contributed by atoms with Gasteiger partial charge in [0.15, 0.2) is 5.43 Å². The van der Waals surface area contributed by atoms with Crippen molar-refractivity contribution >= 4 is 5.91 Å². The number of H-pyrrole nitrogens is 1. The third-order valence-electron chi connectivity index (χ3n) is 2.46. The van der Waals surface area contributed by atoms with E-state index in [9.17, 15) is 9.59 Å². The summed E-state index contributed by atoms with van der Waals surface area (Å²) in [5.41, 5.74) is -0.130. The summed E-state index contributed by atoms with van der Waals surface area (Å²) in [5.74, 6) is -0.342. The van der Waals surface area contributed by atoms with Crippen molar-refractivity contribution in [2.75, 3.05) is 19.8 Å². The van der Waals surface area contributed by atoms with Gasteiger partial charge in [0, 0.05) is 38.2 Å². The van der Waals surface area contributed by atoms with Crippen LogP contribution >= 0.6 is 0 Å². The Bertz CT molecular complexity index is 415. The maximum absolute atomic E-state index is 11.6. The number of hydrogen-bond acceptors (Lipinski definition) is 3. The first-order valence-corrected chi connectivity index (χ1v) is 6.28. The van der Waals surface area contributed by atoms with Crippen molar-refractivity contribution in [2.24, 2.45) is 0 Å². The highest BCUT2D eigenvalue weighted by Gasteiger charge is 2.07. The Hall–Kier alpha value is -1.62. The van der Waals surface area contributed by atoms with Crippen LogP contribution in [-0.4, -0.2) is 30.6 Å². The van der Waals surface area contributed by atoms with E-state index in [2.05, 4.69) is 17.2 Å². The molecule has 1 aromatic heterocycles. The fraction of sp³-hybridized carbons (Fsp3) is 0.538. The molecule has 2 N–H and O–H groups in total. The van der Waals surface area contributed by atoms with Gasteiger partial charge in [-0.2, -0.15) is 0 Å². The lowest BCUT2D eigenvalue weighted by Crippen LogP contribution is -2.29. The van der Waals surface area contributed by atoms with Crippen LogP contribution in [0.2, 0.25) is 0 Å². The largest absolute Gasteiger partial charge is 0.381 e. The SMILES string of the molecule is CCCCOCCCNC(=O)c1c[nH]ccc1=O. The number of amides is 1. The van der Waals surface area contributed by atoms with E-state index in [-0.39, 0.29) is 16.9 Å². The zero-order valence-electron chi connectivity index (χ0n) is 10.7. The molecule has 0 unspecified atom stereocenters. The van der Waals surface area contributed by atoms with Gasteiger partial charge in [0.2, 0.25) is 0 Å². The lowest BCUT2D eigenvalue weighted by molar-refractivity contribution is 0.0939. The highest BCUT2D eigenvalue weighted by molar-refractivity contribution is 5.93. The monoisotopic (exact) mass is 252 g/mol. The molecule has 0 radical (unpaired) electrons. The molecule has 0 aliphatic carbocycles. The Morgan fingerprint density at radius 1 is 1.39 bits per heavy atom. The van der Waals surface area contributed by atoms with Crippen LogP contribution in [0.25, 0.3) is 0 Å². The number of nitrogens with one attached hydrogen (secondary N) is 2. The van der Waals surface area contributed by atoms with Crippen LogP contribution in [0.1, 0.15) is 36.5 Å². The quantitative estimate of drug-likeness (QED) is 0.685. The molecule has 0 atom stereocenters. The summed E-state index contributed by atoms with van der Waals surface area (Å²) in [7, 11) is 0. The first-order valence-electron chi connectivity index (χ1n) is 6.28. The van der Waals surface area contributed by atoms with Gasteiger partial charge in [-0.3, -0.25) is 9.59 Å². The van der Waals surface area contributed by atoms with Crippen LogP contribution in [-0.2, 0) is 4.74 Å². The topological polar surface area (TPSA) is 71.2 Å². The first-order chi connectivity index (χ1) is 8.75. The number of aromatic amines is 1. The number of carbonyl (C=O) groups is 1.